The van der Waals surface area contributed by atoms with E-state index >= 15 is 0 Å². The molecule has 0 aliphatic heterocycles. The molecule has 0 radical (unpaired) electrons. The van der Waals surface area contributed by atoms with Crippen molar-refractivity contribution in [2.75, 3.05) is 6.61 Å². The summed E-state index contributed by atoms with van der Waals surface area (Å²) in [5.41, 5.74) is 2.32. The van der Waals surface area contributed by atoms with Gasteiger partial charge in [-0.2, -0.15) is 0 Å². The van der Waals surface area contributed by atoms with E-state index in [1.807, 2.05) is 42.7 Å². The molecule has 4 heteroatoms. The Morgan fingerprint density at radius 1 is 1.05 bits per heavy atom. The summed E-state index contributed by atoms with van der Waals surface area (Å²) in [6.45, 7) is 1.42. The number of nitrogens with zero attached hydrogens (tertiary/aromatic N) is 1. The molecule has 0 aliphatic rings. The van der Waals surface area contributed by atoms with E-state index in [9.17, 15) is 0 Å². The number of fused-ring (bicyclic) bond motifs is 1. The van der Waals surface area contributed by atoms with Crippen LogP contribution in [-0.2, 0) is 6.54 Å². The first-order valence-electron chi connectivity index (χ1n) is 6.17. The molecule has 0 unspecified atom stereocenters. The lowest BCUT2D eigenvalue weighted by Crippen LogP contribution is -2.35. The highest BCUT2D eigenvalue weighted by atomic mass is 35.5. The van der Waals surface area contributed by atoms with Gasteiger partial charge in [-0.05, 0) is 36.4 Å². The smallest absolute Gasteiger partial charge is 0.242 e. The predicted molar refractivity (Wildman–Crippen MR) is 75.4 cm³/mol. The van der Waals surface area contributed by atoms with Crippen LogP contribution in [0.5, 0.6) is 5.75 Å². The molecular formula is C15H14ClN2O+. The minimum atomic E-state index is 0.619. The molecule has 0 bridgehead atoms. The molecule has 0 aliphatic carbocycles. The van der Waals surface area contributed by atoms with Crippen LogP contribution < -0.4 is 9.30 Å². The van der Waals surface area contributed by atoms with E-state index in [1.54, 1.807) is 0 Å². The van der Waals surface area contributed by atoms with Gasteiger partial charge in [-0.15, -0.1) is 0 Å². The molecule has 1 N–H and O–H groups in total. The van der Waals surface area contributed by atoms with Gasteiger partial charge < -0.3 is 4.74 Å². The van der Waals surface area contributed by atoms with Crippen molar-refractivity contribution < 1.29 is 9.30 Å². The van der Waals surface area contributed by atoms with Gasteiger partial charge in [0.05, 0.1) is 0 Å². The van der Waals surface area contributed by atoms with Crippen molar-refractivity contribution in [1.82, 2.24) is 4.98 Å². The fraction of sp³-hybridized carbons (Fsp3) is 0.133. The van der Waals surface area contributed by atoms with Gasteiger partial charge in [-0.3, -0.25) is 0 Å². The topological polar surface area (TPSA) is 28.9 Å². The fourth-order valence-corrected chi connectivity index (χ4v) is 2.17. The third kappa shape index (κ3) is 2.71. The Bertz CT molecular complexity index is 676. The number of H-pyrrole nitrogens is 1. The molecule has 0 fully saturated rings. The number of nitrogens with one attached hydrogen (secondary N) is 1. The van der Waals surface area contributed by atoms with Gasteiger partial charge in [-0.25, -0.2) is 9.55 Å². The third-order valence-electron chi connectivity index (χ3n) is 3.00. The molecule has 96 valence electrons. The first-order chi connectivity index (χ1) is 9.33. The summed E-state index contributed by atoms with van der Waals surface area (Å²) in [5, 5.41) is 0.721. The number of halogens is 1. The molecule has 1 heterocycles. The van der Waals surface area contributed by atoms with Gasteiger partial charge >= 0.3 is 0 Å². The highest BCUT2D eigenvalue weighted by Crippen LogP contribution is 2.15. The van der Waals surface area contributed by atoms with Crippen molar-refractivity contribution in [3.05, 3.63) is 59.9 Å². The summed E-state index contributed by atoms with van der Waals surface area (Å²) in [4.78, 5) is 3.23. The van der Waals surface area contributed by atoms with Gasteiger partial charge in [0.2, 0.25) is 6.33 Å². The van der Waals surface area contributed by atoms with Crippen molar-refractivity contribution in [2.24, 2.45) is 0 Å². The SMILES string of the molecule is Clc1ccc(OCC[n+]2c[nH]c3ccccc32)cc1. The van der Waals surface area contributed by atoms with Crippen LogP contribution in [0, 0.1) is 0 Å². The molecule has 0 amide bonds. The molecule has 1 aromatic heterocycles. The lowest BCUT2D eigenvalue weighted by atomic mass is 10.3. The molecule has 3 aromatic rings. The molecular weight excluding hydrogens is 260 g/mol. The standard InChI is InChI=1S/C15H13ClN2O/c16-12-5-7-13(8-6-12)19-10-9-18-11-17-14-3-1-2-4-15(14)18/h1-8,11H,9-10H2/p+1. The van der Waals surface area contributed by atoms with Crippen molar-refractivity contribution in [3.63, 3.8) is 0 Å². The largest absolute Gasteiger partial charge is 0.489 e. The van der Waals surface area contributed by atoms with Crippen LogP contribution in [0.25, 0.3) is 11.0 Å². The molecule has 19 heavy (non-hydrogen) atoms. The zero-order valence-electron chi connectivity index (χ0n) is 10.3. The highest BCUT2D eigenvalue weighted by molar-refractivity contribution is 6.30. The number of para-hydroxylation sites is 2. The lowest BCUT2D eigenvalue weighted by molar-refractivity contribution is -0.671. The zero-order chi connectivity index (χ0) is 13.1. The summed E-state index contributed by atoms with van der Waals surface area (Å²) < 4.78 is 7.83. The monoisotopic (exact) mass is 273 g/mol. The Hall–Kier alpha value is -2.00. The first-order valence-corrected chi connectivity index (χ1v) is 6.55. The maximum Gasteiger partial charge on any atom is 0.242 e. The van der Waals surface area contributed by atoms with Crippen molar-refractivity contribution in [3.8, 4) is 5.75 Å². The van der Waals surface area contributed by atoms with Crippen LogP contribution >= 0.6 is 11.6 Å². The number of aromatic amines is 1. The van der Waals surface area contributed by atoms with Crippen molar-refractivity contribution in [2.45, 2.75) is 6.54 Å². The quantitative estimate of drug-likeness (QED) is 0.727. The van der Waals surface area contributed by atoms with E-state index in [0.717, 1.165) is 22.8 Å². The Morgan fingerprint density at radius 3 is 2.68 bits per heavy atom. The normalized spacial score (nSPS) is 10.8. The maximum atomic E-state index is 5.83. The van der Waals surface area contributed by atoms with E-state index in [-0.39, 0.29) is 0 Å². The van der Waals surface area contributed by atoms with Crippen LogP contribution in [0.1, 0.15) is 0 Å². The van der Waals surface area contributed by atoms with Gasteiger partial charge in [0.25, 0.3) is 0 Å². The summed E-state index contributed by atoms with van der Waals surface area (Å²) in [6, 6.07) is 15.6. The first kappa shape index (κ1) is 12.1. The summed E-state index contributed by atoms with van der Waals surface area (Å²) in [6.07, 6.45) is 1.97. The van der Waals surface area contributed by atoms with E-state index in [0.29, 0.717) is 6.61 Å². The van der Waals surface area contributed by atoms with E-state index in [2.05, 4.69) is 21.7 Å². The Balaban J connectivity index is 1.65. The average molecular weight is 274 g/mol. The summed E-state index contributed by atoms with van der Waals surface area (Å²) in [5.74, 6) is 0.838. The zero-order valence-corrected chi connectivity index (χ0v) is 11.1. The molecule has 0 spiro atoms. The molecule has 0 saturated heterocycles. The second kappa shape index (κ2) is 5.33. The Labute approximate surface area is 116 Å². The minimum Gasteiger partial charge on any atom is -0.489 e. The Morgan fingerprint density at radius 2 is 1.84 bits per heavy atom. The van der Waals surface area contributed by atoms with Gasteiger partial charge in [-0.1, -0.05) is 23.7 Å². The summed E-state index contributed by atoms with van der Waals surface area (Å²) in [7, 11) is 0. The number of hydrogen-bond acceptors (Lipinski definition) is 1. The maximum absolute atomic E-state index is 5.83. The van der Waals surface area contributed by atoms with Crippen LogP contribution in [0.4, 0.5) is 0 Å². The predicted octanol–water partition coefficient (Wildman–Crippen LogP) is 3.19. The van der Waals surface area contributed by atoms with Crippen LogP contribution in [-0.4, -0.2) is 11.6 Å². The molecule has 2 aromatic carbocycles. The number of aromatic nitrogens is 2. The van der Waals surface area contributed by atoms with Gasteiger partial charge in [0.1, 0.15) is 18.9 Å². The van der Waals surface area contributed by atoms with Gasteiger partial charge in [0, 0.05) is 5.02 Å². The van der Waals surface area contributed by atoms with Crippen LogP contribution in [0.2, 0.25) is 5.02 Å². The van der Waals surface area contributed by atoms with Crippen molar-refractivity contribution in [1.29, 1.82) is 0 Å². The number of imidazole rings is 1. The fourth-order valence-electron chi connectivity index (χ4n) is 2.04. The number of ether oxygens (including phenoxy) is 1. The van der Waals surface area contributed by atoms with Crippen LogP contribution in [0.3, 0.4) is 0 Å². The highest BCUT2D eigenvalue weighted by Gasteiger charge is 2.07. The summed E-state index contributed by atoms with van der Waals surface area (Å²) >= 11 is 5.83. The number of hydrogen-bond donors (Lipinski definition) is 1. The third-order valence-corrected chi connectivity index (χ3v) is 3.26. The molecule has 3 rings (SSSR count). The van der Waals surface area contributed by atoms with Gasteiger partial charge in [0.15, 0.2) is 11.0 Å². The van der Waals surface area contributed by atoms with E-state index in [4.69, 9.17) is 16.3 Å². The second-order valence-corrected chi connectivity index (χ2v) is 4.72. The molecule has 3 nitrogen and oxygen atoms in total. The number of benzene rings is 2. The lowest BCUT2D eigenvalue weighted by Gasteiger charge is -2.04. The molecule has 0 atom stereocenters. The molecule has 0 saturated carbocycles. The number of rotatable bonds is 4. The van der Waals surface area contributed by atoms with Crippen molar-refractivity contribution >= 4 is 22.6 Å². The Kier molecular flexibility index (Phi) is 3.38. The van der Waals surface area contributed by atoms with E-state index < -0.39 is 0 Å². The van der Waals surface area contributed by atoms with E-state index in [1.165, 1.54) is 5.52 Å². The average Bonchev–Trinajstić information content (AvgIpc) is 2.85. The van der Waals surface area contributed by atoms with Crippen LogP contribution in [0.15, 0.2) is 54.9 Å². The minimum absolute atomic E-state index is 0.619. The second-order valence-electron chi connectivity index (χ2n) is 4.29.